The van der Waals surface area contributed by atoms with Gasteiger partial charge in [-0.2, -0.15) is 4.68 Å². The molecule has 0 fully saturated rings. The van der Waals surface area contributed by atoms with Crippen LogP contribution in [-0.2, 0) is 12.8 Å². The quantitative estimate of drug-likeness (QED) is 0.487. The molecule has 0 spiro atoms. The first-order chi connectivity index (χ1) is 13.3. The summed E-state index contributed by atoms with van der Waals surface area (Å²) in [6, 6.07) is 7.68. The summed E-state index contributed by atoms with van der Waals surface area (Å²) < 4.78 is 7.15. The second-order valence-corrected chi connectivity index (χ2v) is 8.26. The summed E-state index contributed by atoms with van der Waals surface area (Å²) >= 11 is 3.26. The van der Waals surface area contributed by atoms with Crippen LogP contribution >= 0.6 is 23.1 Å². The van der Waals surface area contributed by atoms with Crippen LogP contribution in [0.4, 0.5) is 0 Å². The molecule has 0 saturated heterocycles. The Morgan fingerprint density at radius 1 is 1.15 bits per heavy atom. The smallest absolute Gasteiger partial charge is 0.220 e. The van der Waals surface area contributed by atoms with Crippen LogP contribution in [0.1, 0.15) is 23.3 Å². The maximum atomic E-state index is 5.46. The van der Waals surface area contributed by atoms with Gasteiger partial charge in [0.25, 0.3) is 0 Å². The first kappa shape index (κ1) is 16.6. The fourth-order valence-corrected chi connectivity index (χ4v) is 5.61. The molecule has 27 heavy (non-hydrogen) atoms. The number of ether oxygens (including phenoxy) is 1. The van der Waals surface area contributed by atoms with Gasteiger partial charge in [0, 0.05) is 10.3 Å². The van der Waals surface area contributed by atoms with Crippen molar-refractivity contribution in [2.75, 3.05) is 7.11 Å². The van der Waals surface area contributed by atoms with Crippen molar-refractivity contribution in [2.24, 2.45) is 0 Å². The molecule has 136 valence electrons. The van der Waals surface area contributed by atoms with Crippen LogP contribution in [0.3, 0.4) is 0 Å². The number of para-hydroxylation sites is 2. The number of aromatic nitrogens is 6. The summed E-state index contributed by atoms with van der Waals surface area (Å²) in [5, 5.41) is 15.0. The van der Waals surface area contributed by atoms with Crippen LogP contribution in [-0.4, -0.2) is 37.3 Å². The molecule has 0 radical (unpaired) electrons. The molecule has 0 bridgehead atoms. The molecular weight excluding hydrogens is 380 g/mol. The lowest BCUT2D eigenvalue weighted by molar-refractivity contribution is 0.410. The maximum absolute atomic E-state index is 5.46. The van der Waals surface area contributed by atoms with Gasteiger partial charge in [-0.3, -0.25) is 0 Å². The predicted octanol–water partition coefficient (Wildman–Crippen LogP) is 3.71. The minimum Gasteiger partial charge on any atom is -0.494 e. The van der Waals surface area contributed by atoms with E-state index in [2.05, 4.69) is 25.5 Å². The zero-order chi connectivity index (χ0) is 18.2. The van der Waals surface area contributed by atoms with Crippen LogP contribution in [0.2, 0.25) is 0 Å². The van der Waals surface area contributed by atoms with Gasteiger partial charge in [0.15, 0.2) is 0 Å². The van der Waals surface area contributed by atoms with Crippen molar-refractivity contribution in [3.05, 3.63) is 41.0 Å². The van der Waals surface area contributed by atoms with E-state index in [1.165, 1.54) is 35.0 Å². The van der Waals surface area contributed by atoms with Gasteiger partial charge in [0.2, 0.25) is 5.16 Å². The van der Waals surface area contributed by atoms with E-state index < -0.39 is 0 Å². The lowest BCUT2D eigenvalue weighted by atomic mass is 9.97. The first-order valence-corrected chi connectivity index (χ1v) is 10.3. The highest BCUT2D eigenvalue weighted by Crippen LogP contribution is 2.41. The number of hydrogen-bond donors (Lipinski definition) is 0. The Morgan fingerprint density at radius 3 is 2.96 bits per heavy atom. The van der Waals surface area contributed by atoms with Crippen molar-refractivity contribution in [3.8, 4) is 11.4 Å². The molecule has 3 heterocycles. The van der Waals surface area contributed by atoms with E-state index in [0.717, 1.165) is 33.8 Å². The number of rotatable bonds is 4. The highest BCUT2D eigenvalue weighted by Gasteiger charge is 2.22. The molecule has 0 N–H and O–H groups in total. The zero-order valence-corrected chi connectivity index (χ0v) is 16.3. The molecule has 0 saturated carbocycles. The lowest BCUT2D eigenvalue weighted by Gasteiger charge is -2.11. The van der Waals surface area contributed by atoms with Crippen LogP contribution < -0.4 is 4.74 Å². The average Bonchev–Trinajstić information content (AvgIpc) is 3.32. The summed E-state index contributed by atoms with van der Waals surface area (Å²) in [5.41, 5.74) is 2.20. The van der Waals surface area contributed by atoms with Crippen LogP contribution in [0.15, 0.2) is 40.8 Å². The number of hydrogen-bond acceptors (Lipinski definition) is 8. The highest BCUT2D eigenvalue weighted by molar-refractivity contribution is 7.99. The molecular formula is C18H16N6OS2. The van der Waals surface area contributed by atoms with Crippen molar-refractivity contribution in [1.82, 2.24) is 30.2 Å². The standard InChI is InChI=1S/C18H16N6OS2/c1-25-13-8-4-3-7-12(13)24-18(21-22-23-24)27-17-15-11-6-2-5-9-14(11)26-16(15)19-10-20-17/h3-4,7-8,10H,2,5-6,9H2,1H3. The molecule has 0 amide bonds. The number of thiophene rings is 1. The highest BCUT2D eigenvalue weighted by atomic mass is 32.2. The van der Waals surface area contributed by atoms with Gasteiger partial charge in [0.1, 0.15) is 27.6 Å². The van der Waals surface area contributed by atoms with Crippen molar-refractivity contribution in [1.29, 1.82) is 0 Å². The third-order valence-corrected chi connectivity index (χ3v) is 6.80. The molecule has 0 unspecified atom stereocenters. The minimum absolute atomic E-state index is 0.648. The molecule has 1 aliphatic rings. The predicted molar refractivity (Wildman–Crippen MR) is 104 cm³/mol. The topological polar surface area (TPSA) is 78.6 Å². The van der Waals surface area contributed by atoms with Gasteiger partial charge in [-0.1, -0.05) is 12.1 Å². The molecule has 0 aliphatic heterocycles. The Bertz CT molecular complexity index is 1120. The number of nitrogens with zero attached hydrogens (tertiary/aromatic N) is 6. The number of aryl methyl sites for hydroxylation is 2. The average molecular weight is 397 g/mol. The third-order valence-electron chi connectivity index (χ3n) is 4.66. The third kappa shape index (κ3) is 2.87. The number of methoxy groups -OCH3 is 1. The molecule has 0 atom stereocenters. The molecule has 9 heteroatoms. The summed E-state index contributed by atoms with van der Waals surface area (Å²) in [4.78, 5) is 11.6. The van der Waals surface area contributed by atoms with Crippen molar-refractivity contribution in [2.45, 2.75) is 35.9 Å². The van der Waals surface area contributed by atoms with E-state index >= 15 is 0 Å². The number of benzene rings is 1. The van der Waals surface area contributed by atoms with Crippen molar-refractivity contribution in [3.63, 3.8) is 0 Å². The Hall–Kier alpha value is -2.52. The molecule has 4 aromatic rings. The van der Waals surface area contributed by atoms with Gasteiger partial charge in [0.05, 0.1) is 7.11 Å². The number of fused-ring (bicyclic) bond motifs is 3. The number of tetrazole rings is 1. The maximum Gasteiger partial charge on any atom is 0.220 e. The van der Waals surface area contributed by atoms with Crippen LogP contribution in [0.5, 0.6) is 5.75 Å². The Kier molecular flexibility index (Phi) is 4.25. The van der Waals surface area contributed by atoms with E-state index in [-0.39, 0.29) is 0 Å². The monoisotopic (exact) mass is 396 g/mol. The fourth-order valence-electron chi connectivity index (χ4n) is 3.42. The van der Waals surface area contributed by atoms with Gasteiger partial charge >= 0.3 is 0 Å². The van der Waals surface area contributed by atoms with E-state index in [4.69, 9.17) is 4.74 Å². The normalized spacial score (nSPS) is 13.7. The van der Waals surface area contributed by atoms with Crippen molar-refractivity contribution >= 4 is 33.3 Å². The van der Waals surface area contributed by atoms with Gasteiger partial charge in [-0.15, -0.1) is 16.4 Å². The van der Waals surface area contributed by atoms with Gasteiger partial charge in [-0.25, -0.2) is 9.97 Å². The Labute approximate surface area is 163 Å². The van der Waals surface area contributed by atoms with Gasteiger partial charge in [-0.05, 0) is 65.6 Å². The molecule has 3 aromatic heterocycles. The molecule has 7 nitrogen and oxygen atoms in total. The molecule has 5 rings (SSSR count). The fraction of sp³-hybridized carbons (Fsp3) is 0.278. The second kappa shape index (κ2) is 6.90. The first-order valence-electron chi connectivity index (χ1n) is 8.70. The van der Waals surface area contributed by atoms with E-state index in [0.29, 0.717) is 10.9 Å². The van der Waals surface area contributed by atoms with E-state index in [1.807, 2.05) is 24.3 Å². The largest absolute Gasteiger partial charge is 0.494 e. The van der Waals surface area contributed by atoms with Gasteiger partial charge < -0.3 is 4.74 Å². The van der Waals surface area contributed by atoms with Crippen LogP contribution in [0, 0.1) is 0 Å². The summed E-state index contributed by atoms with van der Waals surface area (Å²) in [5.74, 6) is 0.715. The van der Waals surface area contributed by atoms with E-state index in [9.17, 15) is 0 Å². The van der Waals surface area contributed by atoms with Crippen molar-refractivity contribution < 1.29 is 4.74 Å². The Balaban J connectivity index is 1.60. The SMILES string of the molecule is COc1ccccc1-n1nnnc1Sc1ncnc2sc3c(c12)CCCC3. The lowest BCUT2D eigenvalue weighted by Crippen LogP contribution is -2.02. The minimum atomic E-state index is 0.648. The summed E-state index contributed by atoms with van der Waals surface area (Å²) in [6.07, 6.45) is 6.33. The Morgan fingerprint density at radius 2 is 2.04 bits per heavy atom. The molecule has 1 aromatic carbocycles. The second-order valence-electron chi connectivity index (χ2n) is 6.22. The van der Waals surface area contributed by atoms with Crippen LogP contribution in [0.25, 0.3) is 15.9 Å². The zero-order valence-electron chi connectivity index (χ0n) is 14.6. The van der Waals surface area contributed by atoms with E-state index in [1.54, 1.807) is 29.5 Å². The summed E-state index contributed by atoms with van der Waals surface area (Å²) in [6.45, 7) is 0. The molecule has 1 aliphatic carbocycles. The summed E-state index contributed by atoms with van der Waals surface area (Å²) in [7, 11) is 1.64.